The highest BCUT2D eigenvalue weighted by molar-refractivity contribution is 6.04. The van der Waals surface area contributed by atoms with E-state index in [9.17, 15) is 9.90 Å². The predicted molar refractivity (Wildman–Crippen MR) is 99.1 cm³/mol. The molecule has 2 aromatic rings. The van der Waals surface area contributed by atoms with Crippen molar-refractivity contribution in [2.75, 3.05) is 35.2 Å². The number of carbonyl (C=O) groups is 1. The Morgan fingerprint density at radius 3 is 2.11 bits per heavy atom. The molecule has 0 bridgehead atoms. The quantitative estimate of drug-likeness (QED) is 0.504. The molecule has 0 aliphatic rings. The molecule has 146 valence electrons. The van der Waals surface area contributed by atoms with Crippen LogP contribution in [0.2, 0.25) is 0 Å². The number of hydrogen-bond acceptors (Lipinski definition) is 7. The maximum Gasteiger partial charge on any atom is 0.199 e. The number of aliphatic hydroxyl groups excluding tert-OH is 1. The van der Waals surface area contributed by atoms with Crippen LogP contribution in [0.1, 0.15) is 15.9 Å². The fourth-order valence-electron chi connectivity index (χ4n) is 2.57. The summed E-state index contributed by atoms with van der Waals surface area (Å²) in [5, 5.41) is 10.5. The first-order valence-electron chi connectivity index (χ1n) is 8.27. The summed E-state index contributed by atoms with van der Waals surface area (Å²) in [4.78, 5) is 12.9. The van der Waals surface area contributed by atoms with Crippen LogP contribution in [0.25, 0.3) is 0 Å². The number of Topliss-reactive ketones (excluding diaryl/α,β-unsaturated/α-hetero) is 1. The van der Waals surface area contributed by atoms with E-state index in [1.165, 1.54) is 21.3 Å². The summed E-state index contributed by atoms with van der Waals surface area (Å²) in [6.45, 7) is -0.0643. The Hall–Kier alpha value is -2.77. The van der Waals surface area contributed by atoms with Crippen LogP contribution < -0.4 is 18.9 Å². The molecular weight excluding hydrogens is 352 g/mol. The van der Waals surface area contributed by atoms with E-state index in [0.29, 0.717) is 11.5 Å². The lowest BCUT2D eigenvalue weighted by Gasteiger charge is -2.18. The zero-order chi connectivity index (χ0) is 19.8. The number of methoxy groups -OCH3 is 4. The Morgan fingerprint density at radius 2 is 1.56 bits per heavy atom. The van der Waals surface area contributed by atoms with Gasteiger partial charge < -0.3 is 28.8 Å². The molecule has 7 nitrogen and oxygen atoms in total. The first-order valence-corrected chi connectivity index (χ1v) is 8.27. The molecule has 0 radical (unpaired) electrons. The van der Waals surface area contributed by atoms with Crippen molar-refractivity contribution in [2.45, 2.75) is 12.5 Å². The van der Waals surface area contributed by atoms with Crippen molar-refractivity contribution >= 4 is 5.78 Å². The number of aliphatic hydroxyl groups is 1. The maximum atomic E-state index is 12.9. The van der Waals surface area contributed by atoms with Crippen LogP contribution in [0, 0.1) is 0 Å². The summed E-state index contributed by atoms with van der Waals surface area (Å²) in [5.41, 5.74) is 0.930. The molecule has 0 saturated carbocycles. The average Bonchev–Trinajstić information content (AvgIpc) is 2.71. The van der Waals surface area contributed by atoms with E-state index in [1.54, 1.807) is 43.5 Å². The van der Waals surface area contributed by atoms with E-state index in [4.69, 9.17) is 23.7 Å². The summed E-state index contributed by atoms with van der Waals surface area (Å²) in [5.74, 6) is 1.10. The van der Waals surface area contributed by atoms with E-state index in [0.717, 1.165) is 5.56 Å². The van der Waals surface area contributed by atoms with Crippen molar-refractivity contribution < 1.29 is 33.6 Å². The Labute approximate surface area is 158 Å². The van der Waals surface area contributed by atoms with Crippen molar-refractivity contribution in [1.82, 2.24) is 0 Å². The van der Waals surface area contributed by atoms with Crippen LogP contribution in [0.5, 0.6) is 23.0 Å². The number of rotatable bonds is 10. The monoisotopic (exact) mass is 376 g/mol. The molecule has 7 heteroatoms. The molecule has 0 spiro atoms. The highest BCUT2D eigenvalue weighted by atomic mass is 16.7. The molecular formula is C20H24O7. The van der Waals surface area contributed by atoms with Gasteiger partial charge in [-0.15, -0.1) is 0 Å². The SMILES string of the molecule is COCOc1cc(OC)cc(OC)c1C(=O)C(O)Cc1ccc(OC)cc1. The summed E-state index contributed by atoms with van der Waals surface area (Å²) in [7, 11) is 5.97. The Bertz CT molecular complexity index is 756. The summed E-state index contributed by atoms with van der Waals surface area (Å²) in [6.07, 6.45) is -1.13. The van der Waals surface area contributed by atoms with Crippen molar-refractivity contribution in [3.05, 3.63) is 47.5 Å². The minimum atomic E-state index is -1.27. The average molecular weight is 376 g/mol. The highest BCUT2D eigenvalue weighted by Crippen LogP contribution is 2.35. The molecule has 0 aliphatic carbocycles. The number of hydrogen-bond donors (Lipinski definition) is 1. The lowest BCUT2D eigenvalue weighted by molar-refractivity contribution is 0.0487. The summed E-state index contributed by atoms with van der Waals surface area (Å²) < 4.78 is 26.0. The molecule has 0 aliphatic heterocycles. The third-order valence-electron chi connectivity index (χ3n) is 3.96. The third-order valence-corrected chi connectivity index (χ3v) is 3.96. The number of ether oxygens (including phenoxy) is 5. The normalized spacial score (nSPS) is 11.6. The van der Waals surface area contributed by atoms with Gasteiger partial charge in [0.15, 0.2) is 12.6 Å². The molecule has 0 amide bonds. The first kappa shape index (κ1) is 20.5. The Balaban J connectivity index is 2.31. The number of ketones is 1. The van der Waals surface area contributed by atoms with Gasteiger partial charge in [-0.3, -0.25) is 4.79 Å². The molecule has 2 aromatic carbocycles. The van der Waals surface area contributed by atoms with Crippen molar-refractivity contribution in [2.24, 2.45) is 0 Å². The fourth-order valence-corrected chi connectivity index (χ4v) is 2.57. The van der Waals surface area contributed by atoms with Crippen LogP contribution in [0.3, 0.4) is 0 Å². The van der Waals surface area contributed by atoms with Gasteiger partial charge in [0.2, 0.25) is 0 Å². The minimum Gasteiger partial charge on any atom is -0.497 e. The zero-order valence-electron chi connectivity index (χ0n) is 15.9. The lowest BCUT2D eigenvalue weighted by Crippen LogP contribution is -2.24. The third kappa shape index (κ3) is 5.12. The maximum absolute atomic E-state index is 12.9. The van der Waals surface area contributed by atoms with Crippen LogP contribution in [-0.2, 0) is 11.2 Å². The molecule has 2 rings (SSSR count). The second-order valence-corrected chi connectivity index (χ2v) is 5.69. The predicted octanol–water partition coefficient (Wildman–Crippen LogP) is 2.48. The summed E-state index contributed by atoms with van der Waals surface area (Å²) in [6, 6.07) is 10.2. The zero-order valence-corrected chi connectivity index (χ0v) is 15.9. The van der Waals surface area contributed by atoms with Crippen molar-refractivity contribution in [1.29, 1.82) is 0 Å². The van der Waals surface area contributed by atoms with E-state index < -0.39 is 11.9 Å². The van der Waals surface area contributed by atoms with Gasteiger partial charge in [0.25, 0.3) is 0 Å². The van der Waals surface area contributed by atoms with Crippen LogP contribution >= 0.6 is 0 Å². The Morgan fingerprint density at radius 1 is 0.926 bits per heavy atom. The van der Waals surface area contributed by atoms with Gasteiger partial charge in [-0.2, -0.15) is 0 Å². The topological polar surface area (TPSA) is 83.5 Å². The summed E-state index contributed by atoms with van der Waals surface area (Å²) >= 11 is 0. The molecule has 0 heterocycles. The van der Waals surface area contributed by atoms with Gasteiger partial charge in [0.1, 0.15) is 34.7 Å². The minimum absolute atomic E-state index is 0.0643. The highest BCUT2D eigenvalue weighted by Gasteiger charge is 2.26. The number of benzene rings is 2. The molecule has 1 atom stereocenters. The molecule has 1 unspecified atom stereocenters. The lowest BCUT2D eigenvalue weighted by atomic mass is 9.98. The number of carbonyl (C=O) groups excluding carboxylic acids is 1. The van der Waals surface area contributed by atoms with Crippen LogP contribution in [0.4, 0.5) is 0 Å². The van der Waals surface area contributed by atoms with Gasteiger partial charge in [-0.1, -0.05) is 12.1 Å². The molecule has 0 saturated heterocycles. The first-order chi connectivity index (χ1) is 13.0. The standard InChI is InChI=1S/C20H24O7/c1-23-12-27-18-11-15(25-3)10-17(26-4)19(18)20(22)16(21)9-13-5-7-14(24-2)8-6-13/h5-8,10-11,16,21H,9,12H2,1-4H3. The van der Waals surface area contributed by atoms with E-state index in [-0.39, 0.29) is 30.3 Å². The van der Waals surface area contributed by atoms with Crippen LogP contribution in [0.15, 0.2) is 36.4 Å². The van der Waals surface area contributed by atoms with E-state index in [2.05, 4.69) is 0 Å². The molecule has 1 N–H and O–H groups in total. The molecule has 0 aromatic heterocycles. The van der Waals surface area contributed by atoms with E-state index in [1.807, 2.05) is 0 Å². The second-order valence-electron chi connectivity index (χ2n) is 5.69. The van der Waals surface area contributed by atoms with Gasteiger partial charge in [-0.05, 0) is 17.7 Å². The van der Waals surface area contributed by atoms with Gasteiger partial charge in [0, 0.05) is 25.7 Å². The van der Waals surface area contributed by atoms with Gasteiger partial charge >= 0.3 is 0 Å². The molecule has 27 heavy (non-hydrogen) atoms. The van der Waals surface area contributed by atoms with Crippen LogP contribution in [-0.4, -0.2) is 52.2 Å². The smallest absolute Gasteiger partial charge is 0.199 e. The largest absolute Gasteiger partial charge is 0.497 e. The fraction of sp³-hybridized carbons (Fsp3) is 0.350. The molecule has 0 fully saturated rings. The van der Waals surface area contributed by atoms with Gasteiger partial charge in [-0.25, -0.2) is 0 Å². The second kappa shape index (κ2) is 9.80. The van der Waals surface area contributed by atoms with Gasteiger partial charge in [0.05, 0.1) is 21.3 Å². The Kier molecular flexibility index (Phi) is 7.45. The van der Waals surface area contributed by atoms with Crippen molar-refractivity contribution in [3.8, 4) is 23.0 Å². The van der Waals surface area contributed by atoms with Crippen molar-refractivity contribution in [3.63, 3.8) is 0 Å². The van der Waals surface area contributed by atoms with E-state index >= 15 is 0 Å².